The first-order valence-corrected chi connectivity index (χ1v) is 7.78. The molecule has 1 N–H and O–H groups in total. The summed E-state index contributed by atoms with van der Waals surface area (Å²) >= 11 is 0. The lowest BCUT2D eigenvalue weighted by Gasteiger charge is -2.31. The van der Waals surface area contributed by atoms with E-state index in [-0.39, 0.29) is 5.91 Å². The number of nitrogens with zero attached hydrogens (tertiary/aromatic N) is 3. The second-order valence-electron chi connectivity index (χ2n) is 5.80. The van der Waals surface area contributed by atoms with Gasteiger partial charge in [-0.25, -0.2) is 0 Å². The Morgan fingerprint density at radius 3 is 2.68 bits per heavy atom. The van der Waals surface area contributed by atoms with Gasteiger partial charge < -0.3 is 10.2 Å². The van der Waals surface area contributed by atoms with Gasteiger partial charge in [-0.3, -0.25) is 9.48 Å². The van der Waals surface area contributed by atoms with Crippen LogP contribution in [0, 0.1) is 0 Å². The number of nitrogens with one attached hydrogen (secondary N) is 1. The van der Waals surface area contributed by atoms with E-state index in [0.29, 0.717) is 6.04 Å². The van der Waals surface area contributed by atoms with E-state index in [2.05, 4.69) is 10.4 Å². The van der Waals surface area contributed by atoms with Crippen LogP contribution >= 0.6 is 0 Å². The van der Waals surface area contributed by atoms with Crippen molar-refractivity contribution < 1.29 is 4.79 Å². The summed E-state index contributed by atoms with van der Waals surface area (Å²) in [5.41, 5.74) is 1.90. The fourth-order valence-electron chi connectivity index (χ4n) is 2.90. The molecule has 3 rings (SSSR count). The maximum absolute atomic E-state index is 12.6. The summed E-state index contributed by atoms with van der Waals surface area (Å²) in [7, 11) is 1.91. The molecule has 116 valence electrons. The number of piperidine rings is 1. The van der Waals surface area contributed by atoms with Crippen LogP contribution in [-0.2, 0) is 6.54 Å². The fourth-order valence-corrected chi connectivity index (χ4v) is 2.90. The molecule has 1 saturated heterocycles. The van der Waals surface area contributed by atoms with Crippen LogP contribution in [0.1, 0.15) is 28.8 Å². The Hall–Kier alpha value is -2.14. The molecule has 0 radical (unpaired) electrons. The first-order chi connectivity index (χ1) is 10.7. The zero-order valence-corrected chi connectivity index (χ0v) is 12.9. The predicted octanol–water partition coefficient (Wildman–Crippen LogP) is 1.76. The molecule has 5 heteroatoms. The maximum atomic E-state index is 12.6. The van der Waals surface area contributed by atoms with Gasteiger partial charge in [-0.05, 0) is 49.7 Å². The number of amides is 1. The molecule has 1 fully saturated rings. The third kappa shape index (κ3) is 3.36. The molecule has 2 heterocycles. The van der Waals surface area contributed by atoms with Gasteiger partial charge in [-0.1, -0.05) is 12.1 Å². The first kappa shape index (κ1) is 14.8. The van der Waals surface area contributed by atoms with Crippen molar-refractivity contribution in [3.05, 3.63) is 53.9 Å². The summed E-state index contributed by atoms with van der Waals surface area (Å²) < 4.78 is 1.87. The van der Waals surface area contributed by atoms with Crippen LogP contribution in [0.2, 0.25) is 0 Å². The number of carbonyl (C=O) groups is 1. The number of carbonyl (C=O) groups excluding carboxylic acids is 1. The molecule has 0 atom stereocenters. The molecular weight excluding hydrogens is 276 g/mol. The minimum absolute atomic E-state index is 0.109. The lowest BCUT2D eigenvalue weighted by Crippen LogP contribution is -2.43. The molecule has 0 spiro atoms. The number of rotatable bonds is 4. The Morgan fingerprint density at radius 1 is 1.32 bits per heavy atom. The minimum atomic E-state index is 0.109. The molecule has 5 nitrogen and oxygen atoms in total. The summed E-state index contributed by atoms with van der Waals surface area (Å²) in [6.07, 6.45) is 5.76. The van der Waals surface area contributed by atoms with Crippen molar-refractivity contribution in [3.8, 4) is 0 Å². The zero-order valence-electron chi connectivity index (χ0n) is 12.9. The number of aromatic nitrogens is 2. The highest BCUT2D eigenvalue weighted by atomic mass is 16.2. The molecule has 1 amide bonds. The topological polar surface area (TPSA) is 50.2 Å². The van der Waals surface area contributed by atoms with Crippen LogP contribution in [-0.4, -0.2) is 46.8 Å². The van der Waals surface area contributed by atoms with Gasteiger partial charge in [0.05, 0.1) is 6.54 Å². The monoisotopic (exact) mass is 298 g/mol. The average molecular weight is 298 g/mol. The van der Waals surface area contributed by atoms with Crippen molar-refractivity contribution in [2.24, 2.45) is 0 Å². The van der Waals surface area contributed by atoms with Crippen molar-refractivity contribution in [3.63, 3.8) is 0 Å². The Balaban J connectivity index is 1.65. The highest BCUT2D eigenvalue weighted by Gasteiger charge is 2.22. The molecule has 0 unspecified atom stereocenters. The molecule has 0 aliphatic carbocycles. The fraction of sp³-hybridized carbons (Fsp3) is 0.412. The Bertz CT molecular complexity index is 600. The summed E-state index contributed by atoms with van der Waals surface area (Å²) in [5.74, 6) is 0.109. The molecule has 2 aromatic rings. The first-order valence-electron chi connectivity index (χ1n) is 7.78. The van der Waals surface area contributed by atoms with E-state index in [0.717, 1.165) is 43.6 Å². The number of hydrogen-bond acceptors (Lipinski definition) is 3. The minimum Gasteiger partial charge on any atom is -0.339 e. The van der Waals surface area contributed by atoms with E-state index in [1.54, 1.807) is 6.20 Å². The second kappa shape index (κ2) is 6.75. The Labute approximate surface area is 130 Å². The standard InChI is InChI=1S/C17H22N4O/c1-20(16-7-10-18-11-8-16)17(22)15-5-3-14(4-6-15)13-21-12-2-9-19-21/h2-6,9,12,16,18H,7-8,10-11,13H2,1H3. The average Bonchev–Trinajstić information content (AvgIpc) is 3.08. The Morgan fingerprint density at radius 2 is 2.05 bits per heavy atom. The quantitative estimate of drug-likeness (QED) is 0.935. The van der Waals surface area contributed by atoms with Crippen LogP contribution in [0.25, 0.3) is 0 Å². The third-order valence-corrected chi connectivity index (χ3v) is 4.28. The normalized spacial score (nSPS) is 15.7. The molecule has 0 bridgehead atoms. The van der Waals surface area contributed by atoms with E-state index >= 15 is 0 Å². The van der Waals surface area contributed by atoms with Gasteiger partial charge in [0.25, 0.3) is 5.91 Å². The largest absolute Gasteiger partial charge is 0.339 e. The SMILES string of the molecule is CN(C(=O)c1ccc(Cn2cccn2)cc1)C1CCNCC1. The smallest absolute Gasteiger partial charge is 0.253 e. The zero-order chi connectivity index (χ0) is 15.4. The third-order valence-electron chi connectivity index (χ3n) is 4.28. The molecule has 22 heavy (non-hydrogen) atoms. The van der Waals surface area contributed by atoms with Crippen molar-refractivity contribution in [2.45, 2.75) is 25.4 Å². The van der Waals surface area contributed by atoms with Crippen LogP contribution in [0.4, 0.5) is 0 Å². The van der Waals surface area contributed by atoms with Crippen LogP contribution in [0.3, 0.4) is 0 Å². The highest BCUT2D eigenvalue weighted by molar-refractivity contribution is 5.94. The Kier molecular flexibility index (Phi) is 4.53. The van der Waals surface area contributed by atoms with Crippen LogP contribution < -0.4 is 5.32 Å². The molecule has 1 aromatic heterocycles. The molecule has 0 saturated carbocycles. The van der Waals surface area contributed by atoms with Gasteiger partial charge in [0.1, 0.15) is 0 Å². The van der Waals surface area contributed by atoms with E-state index in [1.807, 2.05) is 53.2 Å². The van der Waals surface area contributed by atoms with Gasteiger partial charge in [0, 0.05) is 31.0 Å². The molecule has 1 aromatic carbocycles. The van der Waals surface area contributed by atoms with E-state index in [9.17, 15) is 4.79 Å². The molecule has 1 aliphatic rings. The van der Waals surface area contributed by atoms with Gasteiger partial charge in [0.15, 0.2) is 0 Å². The summed E-state index contributed by atoms with van der Waals surface area (Å²) in [6.45, 7) is 2.71. The number of hydrogen-bond donors (Lipinski definition) is 1. The lowest BCUT2D eigenvalue weighted by atomic mass is 10.0. The van der Waals surface area contributed by atoms with Gasteiger partial charge in [0.2, 0.25) is 0 Å². The molecule has 1 aliphatic heterocycles. The van der Waals surface area contributed by atoms with Crippen molar-refractivity contribution in [2.75, 3.05) is 20.1 Å². The highest BCUT2D eigenvalue weighted by Crippen LogP contribution is 2.14. The van der Waals surface area contributed by atoms with Crippen molar-refractivity contribution in [1.29, 1.82) is 0 Å². The van der Waals surface area contributed by atoms with Crippen LogP contribution in [0.5, 0.6) is 0 Å². The lowest BCUT2D eigenvalue weighted by molar-refractivity contribution is 0.0703. The van der Waals surface area contributed by atoms with E-state index in [4.69, 9.17) is 0 Å². The predicted molar refractivity (Wildman–Crippen MR) is 85.8 cm³/mol. The van der Waals surface area contributed by atoms with Crippen molar-refractivity contribution in [1.82, 2.24) is 20.0 Å². The van der Waals surface area contributed by atoms with Crippen LogP contribution in [0.15, 0.2) is 42.7 Å². The van der Waals surface area contributed by atoms with Gasteiger partial charge in [-0.15, -0.1) is 0 Å². The van der Waals surface area contributed by atoms with Crippen molar-refractivity contribution >= 4 is 5.91 Å². The second-order valence-corrected chi connectivity index (χ2v) is 5.80. The maximum Gasteiger partial charge on any atom is 0.253 e. The van der Waals surface area contributed by atoms with Gasteiger partial charge >= 0.3 is 0 Å². The summed E-state index contributed by atoms with van der Waals surface area (Å²) in [5, 5.41) is 7.52. The molecular formula is C17H22N4O. The summed E-state index contributed by atoms with van der Waals surface area (Å²) in [4.78, 5) is 14.5. The summed E-state index contributed by atoms with van der Waals surface area (Å²) in [6, 6.07) is 10.1. The van der Waals surface area contributed by atoms with Gasteiger partial charge in [-0.2, -0.15) is 5.10 Å². The van der Waals surface area contributed by atoms with E-state index in [1.165, 1.54) is 0 Å². The number of benzene rings is 1. The van der Waals surface area contributed by atoms with E-state index < -0.39 is 0 Å².